The highest BCUT2D eigenvalue weighted by Crippen LogP contribution is 2.25. The summed E-state index contributed by atoms with van der Waals surface area (Å²) in [6, 6.07) is 10.0. The van der Waals surface area contributed by atoms with E-state index >= 15 is 0 Å². The van der Waals surface area contributed by atoms with Gasteiger partial charge in [-0.1, -0.05) is 41.4 Å². The first-order valence-corrected chi connectivity index (χ1v) is 10.9. The molecule has 4 N–H and O–H groups in total. The van der Waals surface area contributed by atoms with Crippen molar-refractivity contribution in [1.82, 2.24) is 10.6 Å². The Kier molecular flexibility index (Phi) is 9.46. The molecule has 0 unspecified atom stereocenters. The summed E-state index contributed by atoms with van der Waals surface area (Å²) in [7, 11) is 0. The minimum absolute atomic E-state index is 0. The smallest absolute Gasteiger partial charge is 0.326 e. The summed E-state index contributed by atoms with van der Waals surface area (Å²) in [6.45, 7) is 0. The van der Waals surface area contributed by atoms with Crippen LogP contribution >= 0.6 is 47.4 Å². The number of carboxylic acids is 1. The Hall–Kier alpha value is -1.97. The number of hydrogen-bond acceptors (Lipinski definition) is 5. The van der Waals surface area contributed by atoms with Crippen LogP contribution in [0.4, 0.5) is 5.69 Å². The molecular formula is C20H20Cl3N3O4S. The van der Waals surface area contributed by atoms with Gasteiger partial charge in [-0.25, -0.2) is 4.79 Å². The van der Waals surface area contributed by atoms with Crippen LogP contribution in [0.5, 0.6) is 0 Å². The molecule has 166 valence electrons. The van der Waals surface area contributed by atoms with Gasteiger partial charge in [-0.05, 0) is 29.8 Å². The molecule has 3 rings (SSSR count). The number of carboxylic acid groups (broad SMARTS) is 1. The largest absolute Gasteiger partial charge is 0.480 e. The zero-order valence-electron chi connectivity index (χ0n) is 16.1. The topological polar surface area (TPSA) is 108 Å². The molecule has 2 atom stereocenters. The van der Waals surface area contributed by atoms with Gasteiger partial charge in [-0.2, -0.15) is 0 Å². The normalized spacial score (nSPS) is 16.1. The van der Waals surface area contributed by atoms with Crippen LogP contribution in [0.3, 0.4) is 0 Å². The van der Waals surface area contributed by atoms with Gasteiger partial charge in [-0.15, -0.1) is 24.2 Å². The van der Waals surface area contributed by atoms with Crippen molar-refractivity contribution in [3.8, 4) is 0 Å². The molecule has 1 heterocycles. The molecule has 11 heteroatoms. The molecule has 1 aliphatic rings. The number of halogens is 3. The number of carbonyl (C=O) groups is 3. The molecule has 1 fully saturated rings. The van der Waals surface area contributed by atoms with Gasteiger partial charge in [0.15, 0.2) is 0 Å². The van der Waals surface area contributed by atoms with Gasteiger partial charge >= 0.3 is 5.97 Å². The second-order valence-electron chi connectivity index (χ2n) is 6.62. The predicted molar refractivity (Wildman–Crippen MR) is 126 cm³/mol. The molecule has 7 nitrogen and oxygen atoms in total. The van der Waals surface area contributed by atoms with Gasteiger partial charge in [-0.3, -0.25) is 14.9 Å². The number of nitrogens with one attached hydrogen (secondary N) is 3. The number of aliphatic carboxylic acids is 1. The number of benzene rings is 2. The molecule has 1 aliphatic heterocycles. The number of anilines is 1. The molecule has 0 aliphatic carbocycles. The lowest BCUT2D eigenvalue weighted by Crippen LogP contribution is -2.50. The summed E-state index contributed by atoms with van der Waals surface area (Å²) in [5, 5.41) is 18.2. The van der Waals surface area contributed by atoms with Crippen LogP contribution in [0.1, 0.15) is 15.9 Å². The summed E-state index contributed by atoms with van der Waals surface area (Å²) >= 11 is 13.7. The minimum atomic E-state index is -1.11. The summed E-state index contributed by atoms with van der Waals surface area (Å²) in [4.78, 5) is 36.2. The summed E-state index contributed by atoms with van der Waals surface area (Å²) < 4.78 is 0. The van der Waals surface area contributed by atoms with Crippen molar-refractivity contribution in [1.29, 1.82) is 0 Å². The van der Waals surface area contributed by atoms with Crippen molar-refractivity contribution in [3.05, 3.63) is 63.6 Å². The predicted octanol–water partition coefficient (Wildman–Crippen LogP) is 3.44. The molecule has 31 heavy (non-hydrogen) atoms. The van der Waals surface area contributed by atoms with Crippen LogP contribution in [-0.4, -0.2) is 46.6 Å². The lowest BCUT2D eigenvalue weighted by atomic mass is 10.0. The van der Waals surface area contributed by atoms with E-state index in [2.05, 4.69) is 16.0 Å². The van der Waals surface area contributed by atoms with Crippen molar-refractivity contribution >= 4 is 70.8 Å². The first-order chi connectivity index (χ1) is 14.3. The number of amides is 2. The highest BCUT2D eigenvalue weighted by Gasteiger charge is 2.27. The fourth-order valence-corrected chi connectivity index (χ4v) is 4.42. The summed E-state index contributed by atoms with van der Waals surface area (Å²) in [5.74, 6) is -0.603. The molecule has 0 aromatic heterocycles. The van der Waals surface area contributed by atoms with E-state index < -0.39 is 17.9 Å². The first kappa shape index (κ1) is 25.3. The molecule has 1 saturated heterocycles. The Bertz CT molecular complexity index is 933. The van der Waals surface area contributed by atoms with E-state index in [0.717, 1.165) is 0 Å². The second-order valence-corrected chi connectivity index (χ2v) is 8.47. The Morgan fingerprint density at radius 2 is 1.77 bits per heavy atom. The standard InChI is InChI=1S/C20H19Cl2N3O4S.ClH/c21-13-2-1-3-14(22)17(13)19(27)24-12-6-4-11(5-7-12)8-15(20(28)29)25-18(26)16-9-30-10-23-16;/h1-7,15-16,23H,8-10H2,(H,24,27)(H,25,26)(H,28,29);1H/t15-,16-;/m0./s1. The van der Waals surface area contributed by atoms with Crippen LogP contribution in [0.15, 0.2) is 42.5 Å². The number of rotatable bonds is 7. The van der Waals surface area contributed by atoms with Gasteiger partial charge in [0.05, 0.1) is 21.7 Å². The van der Waals surface area contributed by atoms with E-state index in [9.17, 15) is 19.5 Å². The molecule has 0 radical (unpaired) electrons. The Balaban J connectivity index is 0.00000341. The summed E-state index contributed by atoms with van der Waals surface area (Å²) in [6.07, 6.45) is 0.117. The molecule has 0 bridgehead atoms. The van der Waals surface area contributed by atoms with Crippen LogP contribution < -0.4 is 16.0 Å². The number of carbonyl (C=O) groups excluding carboxylic acids is 2. The molecule has 0 saturated carbocycles. The third-order valence-electron chi connectivity index (χ3n) is 4.49. The van der Waals surface area contributed by atoms with E-state index in [1.54, 1.807) is 54.2 Å². The first-order valence-electron chi connectivity index (χ1n) is 9.03. The number of hydrogen-bond donors (Lipinski definition) is 4. The van der Waals surface area contributed by atoms with Gasteiger partial charge in [0, 0.05) is 23.7 Å². The quantitative estimate of drug-likeness (QED) is 0.460. The van der Waals surface area contributed by atoms with E-state index in [-0.39, 0.29) is 46.4 Å². The van der Waals surface area contributed by atoms with Gasteiger partial charge in [0.1, 0.15) is 6.04 Å². The van der Waals surface area contributed by atoms with Gasteiger partial charge in [0.2, 0.25) is 5.91 Å². The molecular weight excluding hydrogens is 485 g/mol. The third kappa shape index (κ3) is 6.75. The zero-order chi connectivity index (χ0) is 21.7. The average molecular weight is 505 g/mol. The van der Waals surface area contributed by atoms with Crippen molar-refractivity contribution in [2.75, 3.05) is 16.9 Å². The SMILES string of the molecule is Cl.O=C(Nc1ccc(C[C@H](NC(=O)[C@@H]2CSCN2)C(=O)O)cc1)c1c(Cl)cccc1Cl. The van der Waals surface area contributed by atoms with Crippen LogP contribution in [0.2, 0.25) is 10.0 Å². The van der Waals surface area contributed by atoms with Crippen molar-refractivity contribution in [3.63, 3.8) is 0 Å². The average Bonchev–Trinajstić information content (AvgIpc) is 3.23. The molecule has 2 aromatic carbocycles. The third-order valence-corrected chi connectivity index (χ3v) is 6.06. The van der Waals surface area contributed by atoms with E-state index in [1.807, 2.05) is 0 Å². The van der Waals surface area contributed by atoms with E-state index in [0.29, 0.717) is 22.9 Å². The maximum Gasteiger partial charge on any atom is 0.326 e. The van der Waals surface area contributed by atoms with Crippen LogP contribution in [-0.2, 0) is 16.0 Å². The maximum atomic E-state index is 12.4. The maximum absolute atomic E-state index is 12.4. The van der Waals surface area contributed by atoms with Gasteiger partial charge < -0.3 is 15.7 Å². The lowest BCUT2D eigenvalue weighted by molar-refractivity contribution is -0.142. The van der Waals surface area contributed by atoms with Crippen molar-refractivity contribution in [2.24, 2.45) is 0 Å². The van der Waals surface area contributed by atoms with E-state index in [4.69, 9.17) is 23.2 Å². The van der Waals surface area contributed by atoms with Crippen molar-refractivity contribution in [2.45, 2.75) is 18.5 Å². The van der Waals surface area contributed by atoms with Crippen LogP contribution in [0.25, 0.3) is 0 Å². The monoisotopic (exact) mass is 503 g/mol. The fraction of sp³-hybridized carbons (Fsp3) is 0.250. The highest BCUT2D eigenvalue weighted by atomic mass is 35.5. The Labute approximate surface area is 199 Å². The molecule has 0 spiro atoms. The molecule has 2 aromatic rings. The fourth-order valence-electron chi connectivity index (χ4n) is 2.90. The second kappa shape index (κ2) is 11.6. The zero-order valence-corrected chi connectivity index (χ0v) is 19.2. The molecule has 2 amide bonds. The van der Waals surface area contributed by atoms with Crippen LogP contribution in [0, 0.1) is 0 Å². The van der Waals surface area contributed by atoms with Crippen molar-refractivity contribution < 1.29 is 19.5 Å². The Morgan fingerprint density at radius 3 is 2.32 bits per heavy atom. The summed E-state index contributed by atoms with van der Waals surface area (Å²) in [5.41, 5.74) is 1.38. The lowest BCUT2D eigenvalue weighted by Gasteiger charge is -2.17. The van der Waals surface area contributed by atoms with E-state index in [1.165, 1.54) is 0 Å². The minimum Gasteiger partial charge on any atom is -0.480 e. The number of thioether (sulfide) groups is 1. The Morgan fingerprint density at radius 1 is 1.13 bits per heavy atom. The highest BCUT2D eigenvalue weighted by molar-refractivity contribution is 7.99. The van der Waals surface area contributed by atoms with Gasteiger partial charge in [0.25, 0.3) is 5.91 Å².